The van der Waals surface area contributed by atoms with Gasteiger partial charge in [0.05, 0.1) is 11.6 Å². The zero-order chi connectivity index (χ0) is 11.5. The highest BCUT2D eigenvalue weighted by Gasteiger charge is 2.29. The average Bonchev–Trinajstić information content (AvgIpc) is 2.15. The molecule has 0 aliphatic rings. The predicted octanol–water partition coefficient (Wildman–Crippen LogP) is 1.95. The summed E-state index contributed by atoms with van der Waals surface area (Å²) in [4.78, 5) is 4.69. The van der Waals surface area contributed by atoms with Crippen LogP contribution >= 0.6 is 0 Å². The Bertz CT molecular complexity index is 381. The molecule has 0 aliphatic heterocycles. The van der Waals surface area contributed by atoms with E-state index >= 15 is 0 Å². The first-order valence-corrected chi connectivity index (χ1v) is 4.06. The van der Waals surface area contributed by atoms with Gasteiger partial charge in [0, 0.05) is 13.2 Å². The maximum Gasteiger partial charge on any atom is 0.405 e. The van der Waals surface area contributed by atoms with Gasteiger partial charge in [-0.05, 0) is 12.1 Å². The highest BCUT2D eigenvalue weighted by molar-refractivity contribution is 5.44. The molecule has 0 saturated carbocycles. The highest BCUT2D eigenvalue weighted by atomic mass is 19.4. The van der Waals surface area contributed by atoms with E-state index in [1.807, 2.05) is 6.07 Å². The molecule has 1 aromatic heterocycles. The van der Waals surface area contributed by atoms with E-state index in [0.29, 0.717) is 0 Å². The van der Waals surface area contributed by atoms with Crippen molar-refractivity contribution in [3.8, 4) is 6.07 Å². The molecule has 0 radical (unpaired) electrons. The molecule has 1 aromatic rings. The van der Waals surface area contributed by atoms with Crippen molar-refractivity contribution in [2.45, 2.75) is 6.18 Å². The van der Waals surface area contributed by atoms with Crippen molar-refractivity contribution >= 4 is 5.82 Å². The fourth-order valence-electron chi connectivity index (χ4n) is 1.05. The van der Waals surface area contributed by atoms with Gasteiger partial charge in [0.25, 0.3) is 0 Å². The van der Waals surface area contributed by atoms with Gasteiger partial charge in [-0.15, -0.1) is 0 Å². The summed E-state index contributed by atoms with van der Waals surface area (Å²) in [5.74, 6) is 0.131. The van der Waals surface area contributed by atoms with E-state index in [1.54, 1.807) is 0 Å². The molecule has 0 unspecified atom stereocenters. The van der Waals surface area contributed by atoms with Crippen LogP contribution in [0.2, 0.25) is 0 Å². The highest BCUT2D eigenvalue weighted by Crippen LogP contribution is 2.19. The molecule has 6 heteroatoms. The molecule has 0 N–H and O–H groups in total. The summed E-state index contributed by atoms with van der Waals surface area (Å²) in [5.41, 5.74) is 0.286. The average molecular weight is 215 g/mol. The van der Waals surface area contributed by atoms with E-state index < -0.39 is 12.7 Å². The lowest BCUT2D eigenvalue weighted by Gasteiger charge is -2.19. The Balaban J connectivity index is 2.83. The third-order valence-corrected chi connectivity index (χ3v) is 1.68. The number of nitrogens with zero attached hydrogens (tertiary/aromatic N) is 3. The molecule has 3 nitrogen and oxygen atoms in total. The van der Waals surface area contributed by atoms with Crippen molar-refractivity contribution in [2.75, 3.05) is 18.5 Å². The minimum Gasteiger partial charge on any atom is -0.351 e. The van der Waals surface area contributed by atoms with Gasteiger partial charge >= 0.3 is 6.18 Å². The van der Waals surface area contributed by atoms with Crippen LogP contribution in [0, 0.1) is 11.3 Å². The first kappa shape index (κ1) is 11.3. The van der Waals surface area contributed by atoms with Crippen LogP contribution < -0.4 is 4.90 Å². The Kier molecular flexibility index (Phi) is 3.14. The number of pyridine rings is 1. The van der Waals surface area contributed by atoms with Crippen LogP contribution in [0.4, 0.5) is 19.0 Å². The summed E-state index contributed by atoms with van der Waals surface area (Å²) in [7, 11) is 1.27. The van der Waals surface area contributed by atoms with Crippen molar-refractivity contribution < 1.29 is 13.2 Å². The summed E-state index contributed by atoms with van der Waals surface area (Å²) < 4.78 is 36.1. The molecule has 1 rings (SSSR count). The van der Waals surface area contributed by atoms with Crippen LogP contribution in [0.25, 0.3) is 0 Å². The second-order valence-electron chi connectivity index (χ2n) is 2.99. The fourth-order valence-corrected chi connectivity index (χ4v) is 1.05. The van der Waals surface area contributed by atoms with Gasteiger partial charge in [0.1, 0.15) is 12.4 Å². The third kappa shape index (κ3) is 3.46. The van der Waals surface area contributed by atoms with E-state index in [2.05, 4.69) is 4.98 Å². The summed E-state index contributed by atoms with van der Waals surface area (Å²) in [5, 5.41) is 8.56. The zero-order valence-corrected chi connectivity index (χ0v) is 7.91. The molecule has 80 valence electrons. The second-order valence-corrected chi connectivity index (χ2v) is 2.99. The van der Waals surface area contributed by atoms with Crippen LogP contribution in [0.5, 0.6) is 0 Å². The van der Waals surface area contributed by atoms with E-state index in [9.17, 15) is 13.2 Å². The molecular weight excluding hydrogens is 207 g/mol. The Hall–Kier alpha value is -1.77. The minimum absolute atomic E-state index is 0.131. The minimum atomic E-state index is -4.28. The topological polar surface area (TPSA) is 39.9 Å². The SMILES string of the molecule is CN(CC(F)(F)F)c1cc(C#N)ccn1. The Morgan fingerprint density at radius 2 is 2.20 bits per heavy atom. The molecule has 0 spiro atoms. The van der Waals surface area contributed by atoms with Gasteiger partial charge in [-0.1, -0.05) is 0 Å². The van der Waals surface area contributed by atoms with Gasteiger partial charge in [0.2, 0.25) is 0 Å². The van der Waals surface area contributed by atoms with Crippen molar-refractivity contribution in [3.63, 3.8) is 0 Å². The lowest BCUT2D eigenvalue weighted by atomic mass is 10.3. The molecule has 0 saturated heterocycles. The molecular formula is C9H8F3N3. The van der Waals surface area contributed by atoms with E-state index in [4.69, 9.17) is 5.26 Å². The monoisotopic (exact) mass is 215 g/mol. The third-order valence-electron chi connectivity index (χ3n) is 1.68. The maximum absolute atomic E-state index is 12.0. The number of alkyl halides is 3. The normalized spacial score (nSPS) is 10.9. The molecule has 0 fully saturated rings. The Morgan fingerprint density at radius 3 is 2.73 bits per heavy atom. The Morgan fingerprint density at radius 1 is 1.53 bits per heavy atom. The molecule has 0 aliphatic carbocycles. The van der Waals surface area contributed by atoms with Crippen molar-refractivity contribution in [3.05, 3.63) is 23.9 Å². The van der Waals surface area contributed by atoms with Gasteiger partial charge in [-0.3, -0.25) is 0 Å². The quantitative estimate of drug-likeness (QED) is 0.757. The first-order valence-electron chi connectivity index (χ1n) is 4.06. The summed E-state index contributed by atoms with van der Waals surface area (Å²) in [6.45, 7) is -1.09. The van der Waals surface area contributed by atoms with Crippen LogP contribution in [0.3, 0.4) is 0 Å². The number of nitriles is 1. The van der Waals surface area contributed by atoms with Crippen LogP contribution in [-0.2, 0) is 0 Å². The Labute approximate surface area is 84.8 Å². The van der Waals surface area contributed by atoms with Crippen molar-refractivity contribution in [1.29, 1.82) is 5.26 Å². The predicted molar refractivity (Wildman–Crippen MR) is 48.3 cm³/mol. The summed E-state index contributed by atoms with van der Waals surface area (Å²) in [6, 6.07) is 4.58. The van der Waals surface area contributed by atoms with E-state index in [0.717, 1.165) is 4.90 Å². The summed E-state index contributed by atoms with van der Waals surface area (Å²) >= 11 is 0. The molecule has 0 atom stereocenters. The molecule has 0 amide bonds. The van der Waals surface area contributed by atoms with Crippen molar-refractivity contribution in [2.24, 2.45) is 0 Å². The lowest BCUT2D eigenvalue weighted by molar-refractivity contribution is -0.119. The first-order chi connectivity index (χ1) is 6.92. The van der Waals surface area contributed by atoms with Gasteiger partial charge in [0.15, 0.2) is 0 Å². The van der Waals surface area contributed by atoms with Gasteiger partial charge in [-0.2, -0.15) is 18.4 Å². The van der Waals surface area contributed by atoms with E-state index in [-0.39, 0.29) is 11.4 Å². The smallest absolute Gasteiger partial charge is 0.351 e. The van der Waals surface area contributed by atoms with Crippen LogP contribution in [-0.4, -0.2) is 24.8 Å². The van der Waals surface area contributed by atoms with Crippen molar-refractivity contribution in [1.82, 2.24) is 4.98 Å². The fraction of sp³-hybridized carbons (Fsp3) is 0.333. The second kappa shape index (κ2) is 4.17. The molecule has 0 bridgehead atoms. The molecule has 15 heavy (non-hydrogen) atoms. The number of rotatable bonds is 2. The number of hydrogen-bond donors (Lipinski definition) is 0. The van der Waals surface area contributed by atoms with Crippen LogP contribution in [0.15, 0.2) is 18.3 Å². The molecule has 1 heterocycles. The van der Waals surface area contributed by atoms with Crippen LogP contribution in [0.1, 0.15) is 5.56 Å². The summed E-state index contributed by atoms with van der Waals surface area (Å²) in [6.07, 6.45) is -2.97. The number of halogens is 3. The van der Waals surface area contributed by atoms with Gasteiger partial charge < -0.3 is 4.90 Å². The standard InChI is InChI=1S/C9H8F3N3/c1-15(6-9(10,11)12)8-4-7(5-13)2-3-14-8/h2-4H,6H2,1H3. The van der Waals surface area contributed by atoms with Gasteiger partial charge in [-0.25, -0.2) is 4.98 Å². The van der Waals surface area contributed by atoms with E-state index in [1.165, 1.54) is 25.4 Å². The zero-order valence-electron chi connectivity index (χ0n) is 7.91. The largest absolute Gasteiger partial charge is 0.405 e. The molecule has 0 aromatic carbocycles. The number of hydrogen-bond acceptors (Lipinski definition) is 3. The number of aromatic nitrogens is 1. The maximum atomic E-state index is 12.0. The lowest BCUT2D eigenvalue weighted by Crippen LogP contribution is -2.31. The number of anilines is 1.